The van der Waals surface area contributed by atoms with E-state index < -0.39 is 0 Å². The Hall–Kier alpha value is -2.09. The average Bonchev–Trinajstić information content (AvgIpc) is 3.26. The van der Waals surface area contributed by atoms with Crippen LogP contribution in [0, 0.1) is 0 Å². The second-order valence-electron chi connectivity index (χ2n) is 7.43. The molecule has 2 aromatic rings. The van der Waals surface area contributed by atoms with Gasteiger partial charge >= 0.3 is 0 Å². The molecule has 1 aromatic heterocycles. The van der Waals surface area contributed by atoms with Crippen LogP contribution >= 0.6 is 22.9 Å². The molecule has 0 N–H and O–H groups in total. The van der Waals surface area contributed by atoms with E-state index >= 15 is 0 Å². The molecule has 168 valence electrons. The van der Waals surface area contributed by atoms with Crippen molar-refractivity contribution in [2.75, 3.05) is 40.0 Å². The average molecular weight is 465 g/mol. The van der Waals surface area contributed by atoms with Crippen molar-refractivity contribution < 1.29 is 19.1 Å². The molecular weight excluding hydrogens is 436 g/mol. The van der Waals surface area contributed by atoms with Crippen molar-refractivity contribution in [1.82, 2.24) is 9.80 Å². The Morgan fingerprint density at radius 1 is 1.26 bits per heavy atom. The number of hydrogen-bond acceptors (Lipinski definition) is 5. The molecule has 0 saturated heterocycles. The summed E-state index contributed by atoms with van der Waals surface area (Å²) in [6, 6.07) is 9.10. The van der Waals surface area contributed by atoms with Gasteiger partial charge < -0.3 is 19.3 Å². The fraction of sp³-hybridized carbons (Fsp3) is 0.478. The maximum atomic E-state index is 13.3. The van der Waals surface area contributed by atoms with Crippen LogP contribution < -0.4 is 4.74 Å². The molecular formula is C23H29ClN2O4S. The van der Waals surface area contributed by atoms with Gasteiger partial charge in [0, 0.05) is 43.1 Å². The van der Waals surface area contributed by atoms with Gasteiger partial charge in [0.2, 0.25) is 11.8 Å². The van der Waals surface area contributed by atoms with E-state index in [1.807, 2.05) is 24.0 Å². The van der Waals surface area contributed by atoms with Crippen molar-refractivity contribution in [3.05, 3.63) is 51.2 Å². The maximum absolute atomic E-state index is 13.3. The lowest BCUT2D eigenvalue weighted by Crippen LogP contribution is -2.48. The van der Waals surface area contributed by atoms with Crippen LogP contribution in [0.1, 0.15) is 36.2 Å². The van der Waals surface area contributed by atoms with E-state index in [2.05, 4.69) is 11.4 Å². The minimum Gasteiger partial charge on any atom is -0.491 e. The largest absolute Gasteiger partial charge is 0.491 e. The maximum Gasteiger partial charge on any atom is 0.242 e. The molecule has 2 heterocycles. The summed E-state index contributed by atoms with van der Waals surface area (Å²) in [5, 5.41) is 2.71. The van der Waals surface area contributed by atoms with Gasteiger partial charge in [-0.1, -0.05) is 18.5 Å². The Balaban J connectivity index is 1.72. The van der Waals surface area contributed by atoms with Crippen molar-refractivity contribution in [3.8, 4) is 5.75 Å². The molecule has 0 spiro atoms. The molecule has 0 aliphatic carbocycles. The molecule has 8 heteroatoms. The zero-order valence-electron chi connectivity index (χ0n) is 18.0. The number of benzene rings is 1. The van der Waals surface area contributed by atoms with E-state index in [0.717, 1.165) is 12.0 Å². The standard InChI is InChI=1S/C23H29ClN2O4S/c1-3-22(27)25(11-4-13-29-2)15-23(28)26-12-9-21-19(10-14-31-21)20(26)16-30-18-7-5-17(24)6-8-18/h5-8,10,14,20H,3-4,9,11-13,15-16H2,1-2H3/t20-/m0/s1. The number of carbonyl (C=O) groups is 2. The van der Waals surface area contributed by atoms with Gasteiger partial charge in [-0.2, -0.15) is 0 Å². The number of thiophene rings is 1. The summed E-state index contributed by atoms with van der Waals surface area (Å²) in [6.07, 6.45) is 1.90. The number of hydrogen-bond donors (Lipinski definition) is 0. The highest BCUT2D eigenvalue weighted by atomic mass is 35.5. The van der Waals surface area contributed by atoms with Crippen LogP contribution in [-0.2, 0) is 20.7 Å². The predicted molar refractivity (Wildman–Crippen MR) is 123 cm³/mol. The minimum absolute atomic E-state index is 0.0216. The molecule has 1 aliphatic heterocycles. The monoisotopic (exact) mass is 464 g/mol. The molecule has 1 atom stereocenters. The Labute approximate surface area is 192 Å². The highest BCUT2D eigenvalue weighted by Gasteiger charge is 2.33. The molecule has 0 unspecified atom stereocenters. The number of methoxy groups -OCH3 is 1. The van der Waals surface area contributed by atoms with E-state index in [1.165, 1.54) is 4.88 Å². The van der Waals surface area contributed by atoms with Crippen LogP contribution in [0.3, 0.4) is 0 Å². The van der Waals surface area contributed by atoms with Gasteiger partial charge in [0.05, 0.1) is 12.6 Å². The second-order valence-corrected chi connectivity index (χ2v) is 8.87. The third kappa shape index (κ3) is 6.21. The van der Waals surface area contributed by atoms with Crippen molar-refractivity contribution in [2.24, 2.45) is 0 Å². The van der Waals surface area contributed by atoms with E-state index in [9.17, 15) is 9.59 Å². The number of ether oxygens (including phenoxy) is 2. The lowest BCUT2D eigenvalue weighted by Gasteiger charge is -2.37. The number of fused-ring (bicyclic) bond motifs is 1. The van der Waals surface area contributed by atoms with Gasteiger partial charge in [-0.15, -0.1) is 11.3 Å². The van der Waals surface area contributed by atoms with Crippen LogP contribution in [0.15, 0.2) is 35.7 Å². The molecule has 1 aromatic carbocycles. The molecule has 0 fully saturated rings. The smallest absolute Gasteiger partial charge is 0.242 e. The van der Waals surface area contributed by atoms with Crippen molar-refractivity contribution in [3.63, 3.8) is 0 Å². The van der Waals surface area contributed by atoms with E-state index in [4.69, 9.17) is 21.1 Å². The fourth-order valence-corrected chi connectivity index (χ4v) is 4.80. The first-order valence-electron chi connectivity index (χ1n) is 10.5. The lowest BCUT2D eigenvalue weighted by atomic mass is 10.0. The zero-order chi connectivity index (χ0) is 22.2. The van der Waals surface area contributed by atoms with Gasteiger partial charge in [-0.05, 0) is 54.1 Å². The van der Waals surface area contributed by atoms with Crippen molar-refractivity contribution in [1.29, 1.82) is 0 Å². The van der Waals surface area contributed by atoms with E-state index in [-0.39, 0.29) is 24.4 Å². The normalized spacial score (nSPS) is 15.5. The predicted octanol–water partition coefficient (Wildman–Crippen LogP) is 4.18. The van der Waals surface area contributed by atoms with Crippen LogP contribution in [0.5, 0.6) is 5.75 Å². The molecule has 1 aliphatic rings. The van der Waals surface area contributed by atoms with E-state index in [0.29, 0.717) is 49.9 Å². The quantitative estimate of drug-likeness (QED) is 0.495. The highest BCUT2D eigenvalue weighted by molar-refractivity contribution is 7.10. The number of amides is 2. The summed E-state index contributed by atoms with van der Waals surface area (Å²) in [4.78, 5) is 30.5. The van der Waals surface area contributed by atoms with Gasteiger partial charge in [0.25, 0.3) is 0 Å². The molecule has 0 saturated carbocycles. The van der Waals surface area contributed by atoms with Crippen LogP contribution in [-0.4, -0.2) is 61.6 Å². The summed E-state index contributed by atoms with van der Waals surface area (Å²) < 4.78 is 11.1. The van der Waals surface area contributed by atoms with Gasteiger partial charge in [0.15, 0.2) is 0 Å². The molecule has 3 rings (SSSR count). The number of rotatable bonds is 10. The Morgan fingerprint density at radius 3 is 2.74 bits per heavy atom. The van der Waals surface area contributed by atoms with Crippen LogP contribution in [0.2, 0.25) is 5.02 Å². The lowest BCUT2D eigenvalue weighted by molar-refractivity contribution is -0.142. The summed E-state index contributed by atoms with van der Waals surface area (Å²) in [5.41, 5.74) is 1.13. The molecule has 31 heavy (non-hydrogen) atoms. The summed E-state index contributed by atoms with van der Waals surface area (Å²) in [5.74, 6) is 0.633. The first kappa shape index (κ1) is 23.6. The van der Waals surface area contributed by atoms with Crippen molar-refractivity contribution >= 4 is 34.8 Å². The first-order chi connectivity index (χ1) is 15.0. The van der Waals surface area contributed by atoms with Gasteiger partial charge in [-0.3, -0.25) is 9.59 Å². The zero-order valence-corrected chi connectivity index (χ0v) is 19.6. The Bertz CT molecular complexity index is 871. The SMILES string of the molecule is CCC(=O)N(CCCOC)CC(=O)N1CCc2sccc2[C@@H]1COc1ccc(Cl)cc1. The Morgan fingerprint density at radius 2 is 2.03 bits per heavy atom. The topological polar surface area (TPSA) is 59.1 Å². The summed E-state index contributed by atoms with van der Waals surface area (Å²) >= 11 is 7.67. The number of halogens is 1. The third-order valence-corrected chi connectivity index (χ3v) is 6.64. The number of carbonyl (C=O) groups excluding carboxylic acids is 2. The summed E-state index contributed by atoms with van der Waals surface area (Å²) in [7, 11) is 1.63. The first-order valence-corrected chi connectivity index (χ1v) is 11.8. The minimum atomic E-state index is -0.185. The van der Waals surface area contributed by atoms with Crippen LogP contribution in [0.4, 0.5) is 0 Å². The van der Waals surface area contributed by atoms with E-state index in [1.54, 1.807) is 35.5 Å². The fourth-order valence-electron chi connectivity index (χ4n) is 3.75. The molecule has 6 nitrogen and oxygen atoms in total. The van der Waals surface area contributed by atoms with Crippen LogP contribution in [0.25, 0.3) is 0 Å². The molecule has 0 bridgehead atoms. The highest BCUT2D eigenvalue weighted by Crippen LogP contribution is 2.34. The van der Waals surface area contributed by atoms with Gasteiger partial charge in [-0.25, -0.2) is 0 Å². The summed E-state index contributed by atoms with van der Waals surface area (Å²) in [6.45, 7) is 3.93. The van der Waals surface area contributed by atoms with Gasteiger partial charge in [0.1, 0.15) is 12.4 Å². The van der Waals surface area contributed by atoms with Crippen molar-refractivity contribution in [2.45, 2.75) is 32.2 Å². The third-order valence-electron chi connectivity index (χ3n) is 5.39. The number of nitrogens with zero attached hydrogens (tertiary/aromatic N) is 2. The Kier molecular flexibility index (Phi) is 8.75. The molecule has 2 amide bonds. The second kappa shape index (κ2) is 11.5. The molecule has 0 radical (unpaired) electrons.